The van der Waals surface area contributed by atoms with Gasteiger partial charge >= 0.3 is 0 Å². The number of nitrogens with one attached hydrogen (secondary N) is 2. The highest BCUT2D eigenvalue weighted by Gasteiger charge is 2.22. The van der Waals surface area contributed by atoms with E-state index >= 15 is 0 Å². The smallest absolute Gasteiger partial charge is 0.227 e. The number of thiocarbonyl (C=S) groups is 1. The van der Waals surface area contributed by atoms with Crippen molar-refractivity contribution in [2.75, 3.05) is 37.5 Å². The maximum absolute atomic E-state index is 12.0. The molecule has 1 heterocycles. The second-order valence-electron chi connectivity index (χ2n) is 6.97. The van der Waals surface area contributed by atoms with Crippen LogP contribution >= 0.6 is 12.2 Å². The number of aryl methyl sites for hydroxylation is 1. The molecule has 2 N–H and O–H groups in total. The van der Waals surface area contributed by atoms with Gasteiger partial charge in [0.25, 0.3) is 0 Å². The van der Waals surface area contributed by atoms with Gasteiger partial charge in [-0.15, -0.1) is 0 Å². The van der Waals surface area contributed by atoms with E-state index in [9.17, 15) is 4.79 Å². The first-order valence-corrected chi connectivity index (χ1v) is 10.1. The van der Waals surface area contributed by atoms with E-state index in [-0.39, 0.29) is 5.91 Å². The number of amides is 1. The molecule has 0 radical (unpaired) electrons. The van der Waals surface area contributed by atoms with Crippen LogP contribution in [0.3, 0.4) is 0 Å². The van der Waals surface area contributed by atoms with Gasteiger partial charge in [0.1, 0.15) is 0 Å². The molecule has 0 unspecified atom stereocenters. The minimum absolute atomic E-state index is 0.196. The van der Waals surface area contributed by atoms with E-state index < -0.39 is 0 Å². The SMILES string of the molecule is COc1ccc(CCNC(=S)Nc2ccc(N3CCCC3=O)c(C)c2)cc1OC. The van der Waals surface area contributed by atoms with E-state index in [1.54, 1.807) is 14.2 Å². The fourth-order valence-electron chi connectivity index (χ4n) is 3.47. The topological polar surface area (TPSA) is 62.8 Å². The van der Waals surface area contributed by atoms with Crippen LogP contribution in [0.4, 0.5) is 11.4 Å². The van der Waals surface area contributed by atoms with E-state index in [1.807, 2.05) is 48.2 Å². The van der Waals surface area contributed by atoms with E-state index in [0.717, 1.165) is 53.4 Å². The largest absolute Gasteiger partial charge is 0.493 e. The molecule has 2 aromatic rings. The number of rotatable bonds is 7. The second-order valence-corrected chi connectivity index (χ2v) is 7.38. The van der Waals surface area contributed by atoms with Gasteiger partial charge in [0.2, 0.25) is 5.91 Å². The van der Waals surface area contributed by atoms with Gasteiger partial charge < -0.3 is 25.0 Å². The quantitative estimate of drug-likeness (QED) is 0.676. The Labute approximate surface area is 177 Å². The van der Waals surface area contributed by atoms with Crippen LogP contribution in [0, 0.1) is 6.92 Å². The van der Waals surface area contributed by atoms with Crippen LogP contribution in [-0.4, -0.2) is 38.3 Å². The molecular weight excluding hydrogens is 386 g/mol. The molecule has 1 amide bonds. The molecule has 29 heavy (non-hydrogen) atoms. The standard InChI is InChI=1S/C22H27N3O3S/c1-15-13-17(7-8-18(15)25-12-4-5-21(25)26)24-22(29)23-11-10-16-6-9-19(27-2)20(14-16)28-3/h6-9,13-14H,4-5,10-12H2,1-3H3,(H2,23,24,29). The first-order chi connectivity index (χ1) is 14.0. The normalized spacial score (nSPS) is 13.3. The summed E-state index contributed by atoms with van der Waals surface area (Å²) in [6.07, 6.45) is 2.36. The lowest BCUT2D eigenvalue weighted by Gasteiger charge is -2.19. The summed E-state index contributed by atoms with van der Waals surface area (Å²) in [7, 11) is 3.26. The third kappa shape index (κ3) is 5.17. The molecule has 1 saturated heterocycles. The lowest BCUT2D eigenvalue weighted by molar-refractivity contribution is -0.117. The third-order valence-corrected chi connectivity index (χ3v) is 5.21. The highest BCUT2D eigenvalue weighted by atomic mass is 32.1. The number of hydrogen-bond donors (Lipinski definition) is 2. The Hall–Kier alpha value is -2.80. The number of nitrogens with zero attached hydrogens (tertiary/aromatic N) is 1. The zero-order chi connectivity index (χ0) is 20.8. The molecule has 0 saturated carbocycles. The monoisotopic (exact) mass is 413 g/mol. The minimum atomic E-state index is 0.196. The van der Waals surface area contributed by atoms with Gasteiger partial charge in [-0.3, -0.25) is 4.79 Å². The number of benzene rings is 2. The molecule has 154 valence electrons. The Morgan fingerprint density at radius 1 is 1.14 bits per heavy atom. The fraction of sp³-hybridized carbons (Fsp3) is 0.364. The number of methoxy groups -OCH3 is 2. The molecule has 0 aliphatic carbocycles. The van der Waals surface area contributed by atoms with Crippen molar-refractivity contribution in [3.63, 3.8) is 0 Å². The maximum Gasteiger partial charge on any atom is 0.227 e. The van der Waals surface area contributed by atoms with E-state index in [1.165, 1.54) is 0 Å². The van der Waals surface area contributed by atoms with Gasteiger partial charge in [0.15, 0.2) is 16.6 Å². The van der Waals surface area contributed by atoms with Crippen molar-refractivity contribution < 1.29 is 14.3 Å². The number of carbonyl (C=O) groups excluding carboxylic acids is 1. The van der Waals surface area contributed by atoms with Crippen LogP contribution in [-0.2, 0) is 11.2 Å². The van der Waals surface area contributed by atoms with Crippen LogP contribution in [0.1, 0.15) is 24.0 Å². The van der Waals surface area contributed by atoms with Crippen LogP contribution in [0.25, 0.3) is 0 Å². The van der Waals surface area contributed by atoms with Gasteiger partial charge in [-0.1, -0.05) is 6.07 Å². The Kier molecular flexibility index (Phi) is 6.93. The Morgan fingerprint density at radius 2 is 1.93 bits per heavy atom. The van der Waals surface area contributed by atoms with Crippen LogP contribution in [0.15, 0.2) is 36.4 Å². The van der Waals surface area contributed by atoms with Crippen molar-refractivity contribution in [3.8, 4) is 11.5 Å². The number of anilines is 2. The third-order valence-electron chi connectivity index (χ3n) is 4.97. The van der Waals surface area contributed by atoms with E-state index in [0.29, 0.717) is 18.1 Å². The number of ether oxygens (including phenoxy) is 2. The van der Waals surface area contributed by atoms with Crippen LogP contribution in [0.5, 0.6) is 11.5 Å². The van der Waals surface area contributed by atoms with Crippen LogP contribution < -0.4 is 25.0 Å². The number of carbonyl (C=O) groups is 1. The summed E-state index contributed by atoms with van der Waals surface area (Å²) in [6, 6.07) is 11.8. The molecule has 6 nitrogen and oxygen atoms in total. The summed E-state index contributed by atoms with van der Waals surface area (Å²) in [5.74, 6) is 1.63. The lowest BCUT2D eigenvalue weighted by Crippen LogP contribution is -2.30. The first kappa shape index (κ1) is 20.9. The van der Waals surface area contributed by atoms with Crippen molar-refractivity contribution in [1.82, 2.24) is 5.32 Å². The Balaban J connectivity index is 1.52. The average molecular weight is 414 g/mol. The molecule has 1 fully saturated rings. The lowest BCUT2D eigenvalue weighted by atomic mass is 10.1. The highest BCUT2D eigenvalue weighted by Crippen LogP contribution is 2.28. The molecule has 0 aromatic heterocycles. The van der Waals surface area contributed by atoms with Gasteiger partial charge in [-0.2, -0.15) is 0 Å². The van der Waals surface area contributed by atoms with Crippen molar-refractivity contribution in [2.45, 2.75) is 26.2 Å². The summed E-state index contributed by atoms with van der Waals surface area (Å²) in [6.45, 7) is 3.50. The zero-order valence-corrected chi connectivity index (χ0v) is 17.9. The van der Waals surface area contributed by atoms with Crippen molar-refractivity contribution in [3.05, 3.63) is 47.5 Å². The van der Waals surface area contributed by atoms with Crippen molar-refractivity contribution in [1.29, 1.82) is 0 Å². The van der Waals surface area contributed by atoms with Gasteiger partial charge in [0, 0.05) is 30.9 Å². The molecular formula is C22H27N3O3S. The minimum Gasteiger partial charge on any atom is -0.493 e. The molecule has 1 aliphatic heterocycles. The summed E-state index contributed by atoms with van der Waals surface area (Å²) >= 11 is 5.41. The molecule has 1 aliphatic rings. The Bertz CT molecular complexity index is 901. The maximum atomic E-state index is 12.0. The summed E-state index contributed by atoms with van der Waals surface area (Å²) in [4.78, 5) is 13.8. The number of hydrogen-bond acceptors (Lipinski definition) is 4. The molecule has 3 rings (SSSR count). The molecule has 0 atom stereocenters. The fourth-order valence-corrected chi connectivity index (χ4v) is 3.69. The highest BCUT2D eigenvalue weighted by molar-refractivity contribution is 7.80. The van der Waals surface area contributed by atoms with Gasteiger partial charge in [0.05, 0.1) is 14.2 Å². The summed E-state index contributed by atoms with van der Waals surface area (Å²) in [5, 5.41) is 7.00. The van der Waals surface area contributed by atoms with E-state index in [2.05, 4.69) is 10.6 Å². The van der Waals surface area contributed by atoms with Crippen molar-refractivity contribution in [2.24, 2.45) is 0 Å². The first-order valence-electron chi connectivity index (χ1n) is 9.68. The Morgan fingerprint density at radius 3 is 2.59 bits per heavy atom. The zero-order valence-electron chi connectivity index (χ0n) is 17.1. The molecule has 0 bridgehead atoms. The predicted octanol–water partition coefficient (Wildman–Crippen LogP) is 3.67. The summed E-state index contributed by atoms with van der Waals surface area (Å²) < 4.78 is 10.6. The molecule has 2 aromatic carbocycles. The van der Waals surface area contributed by atoms with Crippen LogP contribution in [0.2, 0.25) is 0 Å². The summed E-state index contributed by atoms with van der Waals surface area (Å²) in [5.41, 5.74) is 4.07. The van der Waals surface area contributed by atoms with Crippen molar-refractivity contribution >= 4 is 34.6 Å². The van der Waals surface area contributed by atoms with E-state index in [4.69, 9.17) is 21.7 Å². The van der Waals surface area contributed by atoms with Gasteiger partial charge in [-0.25, -0.2) is 0 Å². The molecule has 0 spiro atoms. The predicted molar refractivity (Wildman–Crippen MR) is 120 cm³/mol. The molecule has 7 heteroatoms. The average Bonchev–Trinajstić information content (AvgIpc) is 3.13. The second kappa shape index (κ2) is 9.60. The van der Waals surface area contributed by atoms with Gasteiger partial charge in [-0.05, 0) is 73.4 Å².